The van der Waals surface area contributed by atoms with Crippen molar-refractivity contribution in [3.8, 4) is 0 Å². The molecule has 0 aromatic heterocycles. The van der Waals surface area contributed by atoms with Crippen molar-refractivity contribution in [3.63, 3.8) is 0 Å². The monoisotopic (exact) mass is 259 g/mol. The van der Waals surface area contributed by atoms with Crippen molar-refractivity contribution in [1.29, 1.82) is 0 Å². The summed E-state index contributed by atoms with van der Waals surface area (Å²) in [6.07, 6.45) is 0.667. The normalized spacial score (nSPS) is 27.2. The molecule has 1 heterocycles. The third kappa shape index (κ3) is 2.02. The van der Waals surface area contributed by atoms with E-state index in [1.165, 1.54) is 6.07 Å². The SMILES string of the molecule is CCNC1c2cc(F)cc(F)c2S(=O)C1CC. The zero-order chi connectivity index (χ0) is 12.6. The second kappa shape index (κ2) is 4.82. The van der Waals surface area contributed by atoms with Crippen LogP contribution in [0.1, 0.15) is 31.9 Å². The van der Waals surface area contributed by atoms with Gasteiger partial charge in [-0.1, -0.05) is 13.8 Å². The van der Waals surface area contributed by atoms with E-state index in [1.54, 1.807) is 0 Å². The van der Waals surface area contributed by atoms with Crippen molar-refractivity contribution in [2.24, 2.45) is 0 Å². The Labute approximate surface area is 102 Å². The van der Waals surface area contributed by atoms with E-state index in [0.717, 1.165) is 6.07 Å². The van der Waals surface area contributed by atoms with Crippen LogP contribution in [0, 0.1) is 11.6 Å². The maximum atomic E-state index is 13.7. The Hall–Kier alpha value is -0.810. The van der Waals surface area contributed by atoms with Crippen molar-refractivity contribution in [1.82, 2.24) is 5.32 Å². The molecular weight excluding hydrogens is 244 g/mol. The second-order valence-corrected chi connectivity index (χ2v) is 5.69. The number of benzene rings is 1. The number of nitrogens with one attached hydrogen (secondary N) is 1. The molecule has 1 N–H and O–H groups in total. The molecule has 1 aromatic carbocycles. The van der Waals surface area contributed by atoms with Crippen LogP contribution in [-0.4, -0.2) is 16.0 Å². The van der Waals surface area contributed by atoms with Crippen LogP contribution in [0.2, 0.25) is 0 Å². The van der Waals surface area contributed by atoms with Gasteiger partial charge in [0.15, 0.2) is 0 Å². The van der Waals surface area contributed by atoms with Gasteiger partial charge in [-0.05, 0) is 24.6 Å². The predicted octanol–water partition coefficient (Wildman–Crippen LogP) is 2.52. The number of fused-ring (bicyclic) bond motifs is 1. The summed E-state index contributed by atoms with van der Waals surface area (Å²) in [5.41, 5.74) is 0.509. The largest absolute Gasteiger partial charge is 0.309 e. The van der Waals surface area contributed by atoms with Crippen molar-refractivity contribution >= 4 is 10.8 Å². The zero-order valence-electron chi connectivity index (χ0n) is 9.80. The molecule has 3 unspecified atom stereocenters. The number of rotatable bonds is 3. The molecule has 3 atom stereocenters. The fraction of sp³-hybridized carbons (Fsp3) is 0.500. The fourth-order valence-electron chi connectivity index (χ4n) is 2.35. The zero-order valence-corrected chi connectivity index (χ0v) is 10.6. The lowest BCUT2D eigenvalue weighted by atomic mass is 10.0. The van der Waals surface area contributed by atoms with Crippen LogP contribution in [0.25, 0.3) is 0 Å². The maximum Gasteiger partial charge on any atom is 0.142 e. The van der Waals surface area contributed by atoms with E-state index in [0.29, 0.717) is 18.5 Å². The van der Waals surface area contributed by atoms with Crippen LogP contribution >= 0.6 is 0 Å². The van der Waals surface area contributed by atoms with E-state index < -0.39 is 22.4 Å². The maximum absolute atomic E-state index is 13.7. The molecule has 1 aliphatic heterocycles. The molecule has 94 valence electrons. The van der Waals surface area contributed by atoms with Crippen LogP contribution in [0.15, 0.2) is 17.0 Å². The minimum Gasteiger partial charge on any atom is -0.309 e. The fourth-order valence-corrected chi connectivity index (χ4v) is 4.11. The van der Waals surface area contributed by atoms with Gasteiger partial charge in [0.05, 0.1) is 20.9 Å². The summed E-state index contributed by atoms with van der Waals surface area (Å²) in [4.78, 5) is 0.171. The summed E-state index contributed by atoms with van der Waals surface area (Å²) in [6.45, 7) is 4.51. The van der Waals surface area contributed by atoms with Crippen molar-refractivity contribution < 1.29 is 13.0 Å². The lowest BCUT2D eigenvalue weighted by Gasteiger charge is -2.18. The molecule has 0 spiro atoms. The number of hydrogen-bond acceptors (Lipinski definition) is 2. The molecule has 0 fully saturated rings. The molecule has 0 bridgehead atoms. The molecule has 2 rings (SSSR count). The van der Waals surface area contributed by atoms with E-state index in [9.17, 15) is 13.0 Å². The van der Waals surface area contributed by atoms with Crippen LogP contribution < -0.4 is 5.32 Å². The molecule has 2 nitrogen and oxygen atoms in total. The minimum atomic E-state index is -1.39. The van der Waals surface area contributed by atoms with Gasteiger partial charge >= 0.3 is 0 Å². The Morgan fingerprint density at radius 2 is 2.06 bits per heavy atom. The van der Waals surface area contributed by atoms with Crippen LogP contribution in [0.3, 0.4) is 0 Å². The van der Waals surface area contributed by atoms with Gasteiger partial charge in [0, 0.05) is 12.1 Å². The molecule has 0 aliphatic carbocycles. The van der Waals surface area contributed by atoms with Crippen molar-refractivity contribution in [3.05, 3.63) is 29.3 Å². The van der Waals surface area contributed by atoms with E-state index in [-0.39, 0.29) is 16.2 Å². The smallest absolute Gasteiger partial charge is 0.142 e. The lowest BCUT2D eigenvalue weighted by Crippen LogP contribution is -2.29. The van der Waals surface area contributed by atoms with Gasteiger partial charge < -0.3 is 5.32 Å². The Morgan fingerprint density at radius 3 is 2.65 bits per heavy atom. The van der Waals surface area contributed by atoms with Gasteiger partial charge in [-0.25, -0.2) is 8.78 Å². The Morgan fingerprint density at radius 1 is 1.35 bits per heavy atom. The molecule has 5 heteroatoms. The first-order valence-electron chi connectivity index (χ1n) is 5.73. The lowest BCUT2D eigenvalue weighted by molar-refractivity contribution is 0.507. The van der Waals surface area contributed by atoms with Crippen LogP contribution in [0.4, 0.5) is 8.78 Å². The van der Waals surface area contributed by atoms with Crippen LogP contribution in [-0.2, 0) is 10.8 Å². The molecule has 0 saturated carbocycles. The summed E-state index contributed by atoms with van der Waals surface area (Å²) in [7, 11) is -1.39. The molecular formula is C12H15F2NOS. The molecule has 0 radical (unpaired) electrons. The molecule has 0 saturated heterocycles. The van der Waals surface area contributed by atoms with Gasteiger partial charge in [-0.3, -0.25) is 4.21 Å². The van der Waals surface area contributed by atoms with Crippen LogP contribution in [0.5, 0.6) is 0 Å². The van der Waals surface area contributed by atoms with Crippen molar-refractivity contribution in [2.45, 2.75) is 36.5 Å². The highest BCUT2D eigenvalue weighted by molar-refractivity contribution is 7.86. The van der Waals surface area contributed by atoms with E-state index >= 15 is 0 Å². The molecule has 1 aliphatic rings. The highest BCUT2D eigenvalue weighted by Crippen LogP contribution is 2.39. The topological polar surface area (TPSA) is 29.1 Å². The summed E-state index contributed by atoms with van der Waals surface area (Å²) in [5, 5.41) is 2.98. The van der Waals surface area contributed by atoms with E-state index in [1.807, 2.05) is 13.8 Å². The standard InChI is InChI=1S/C12H15F2NOS/c1-3-10-11(15-4-2)8-5-7(13)6-9(14)12(8)17(10)16/h5-6,10-11,15H,3-4H2,1-2H3. The summed E-state index contributed by atoms with van der Waals surface area (Å²) in [5.74, 6) is -1.31. The minimum absolute atomic E-state index is 0.171. The van der Waals surface area contributed by atoms with Gasteiger partial charge in [0.25, 0.3) is 0 Å². The van der Waals surface area contributed by atoms with E-state index in [2.05, 4.69) is 5.32 Å². The Bertz CT molecular complexity index is 464. The van der Waals surface area contributed by atoms with Gasteiger partial charge in [-0.2, -0.15) is 0 Å². The molecule has 17 heavy (non-hydrogen) atoms. The Kier molecular flexibility index (Phi) is 3.58. The molecule has 1 aromatic rings. The summed E-state index contributed by atoms with van der Waals surface area (Å²) >= 11 is 0. The predicted molar refractivity (Wildman–Crippen MR) is 63.3 cm³/mol. The highest BCUT2D eigenvalue weighted by Gasteiger charge is 2.39. The Balaban J connectivity index is 2.55. The summed E-state index contributed by atoms with van der Waals surface area (Å²) < 4.78 is 39.0. The first-order valence-corrected chi connectivity index (χ1v) is 6.94. The first-order chi connectivity index (χ1) is 8.10. The van der Waals surface area contributed by atoms with Gasteiger partial charge in [0.1, 0.15) is 11.6 Å². The van der Waals surface area contributed by atoms with Gasteiger partial charge in [-0.15, -0.1) is 0 Å². The average Bonchev–Trinajstić information content (AvgIpc) is 2.52. The molecule has 0 amide bonds. The third-order valence-corrected chi connectivity index (χ3v) is 5.04. The quantitative estimate of drug-likeness (QED) is 0.903. The summed E-state index contributed by atoms with van der Waals surface area (Å²) in [6, 6.07) is 1.88. The second-order valence-electron chi connectivity index (χ2n) is 4.09. The van der Waals surface area contributed by atoms with E-state index in [4.69, 9.17) is 0 Å². The first kappa shape index (κ1) is 12.6. The number of halogens is 2. The third-order valence-electron chi connectivity index (χ3n) is 3.05. The average molecular weight is 259 g/mol. The van der Waals surface area contributed by atoms with Gasteiger partial charge in [0.2, 0.25) is 0 Å². The van der Waals surface area contributed by atoms with Crippen molar-refractivity contribution in [2.75, 3.05) is 6.54 Å². The highest BCUT2D eigenvalue weighted by atomic mass is 32.2. The number of hydrogen-bond donors (Lipinski definition) is 1.